The third-order valence-electron chi connectivity index (χ3n) is 14.3. The summed E-state index contributed by atoms with van der Waals surface area (Å²) in [5.74, 6) is 0. The quantitative estimate of drug-likeness (QED) is 0.147. The Morgan fingerprint density at radius 1 is 0.265 bits per heavy atom. The fourth-order valence-corrected chi connectivity index (χ4v) is 11.3. The predicted octanol–water partition coefficient (Wildman–Crippen LogP) is 18.0. The van der Waals surface area contributed by atoms with E-state index in [-0.39, 0.29) is 0 Å². The highest BCUT2D eigenvalue weighted by Crippen LogP contribution is 2.58. The van der Waals surface area contributed by atoms with E-state index in [9.17, 15) is 0 Å². The molecule has 0 saturated heterocycles. The van der Waals surface area contributed by atoms with Crippen molar-refractivity contribution in [3.63, 3.8) is 0 Å². The minimum atomic E-state index is -0.473. The second-order valence-electron chi connectivity index (χ2n) is 18.0. The van der Waals surface area contributed by atoms with Crippen molar-refractivity contribution in [1.82, 2.24) is 0 Å². The molecule has 0 amide bonds. The van der Waals surface area contributed by atoms with Crippen molar-refractivity contribution in [3.8, 4) is 44.5 Å². The SMILES string of the molecule is c1ccc(C2(c3ccccc3)c3ccccc3-c3c(-c4ccc5cccc(N(c6ccc(-c7cccc8ccccc78)cc6)c6ccc(-c7cccc8ccccc78)cc6)c5c4)cccc32)cc1. The van der Waals surface area contributed by atoms with Gasteiger partial charge in [0.05, 0.1) is 11.1 Å². The van der Waals surface area contributed by atoms with Crippen molar-refractivity contribution in [1.29, 1.82) is 0 Å². The molecule has 0 N–H and O–H groups in total. The topological polar surface area (TPSA) is 3.24 Å². The molecule has 318 valence electrons. The third-order valence-corrected chi connectivity index (χ3v) is 14.3. The van der Waals surface area contributed by atoms with Gasteiger partial charge in [-0.1, -0.05) is 237 Å². The van der Waals surface area contributed by atoms with Gasteiger partial charge < -0.3 is 4.90 Å². The molecule has 13 rings (SSSR count). The normalized spacial score (nSPS) is 12.5. The molecule has 0 aromatic heterocycles. The summed E-state index contributed by atoms with van der Waals surface area (Å²) in [5, 5.41) is 7.36. The molecule has 0 heterocycles. The molecule has 0 fully saturated rings. The van der Waals surface area contributed by atoms with E-state index in [1.165, 1.54) is 99.1 Å². The molecule has 12 aromatic carbocycles. The number of fused-ring (bicyclic) bond motifs is 6. The minimum Gasteiger partial charge on any atom is -0.310 e. The molecule has 1 heteroatoms. The second-order valence-corrected chi connectivity index (χ2v) is 18.0. The lowest BCUT2D eigenvalue weighted by Crippen LogP contribution is -2.28. The van der Waals surface area contributed by atoms with Crippen molar-refractivity contribution in [3.05, 3.63) is 295 Å². The summed E-state index contributed by atoms with van der Waals surface area (Å²) in [6, 6.07) is 101. The number of benzene rings is 12. The number of anilines is 3. The summed E-state index contributed by atoms with van der Waals surface area (Å²) in [5.41, 5.74) is 17.8. The summed E-state index contributed by atoms with van der Waals surface area (Å²) in [7, 11) is 0. The van der Waals surface area contributed by atoms with E-state index in [0.717, 1.165) is 17.1 Å². The zero-order valence-corrected chi connectivity index (χ0v) is 37.4. The molecule has 0 aliphatic heterocycles. The van der Waals surface area contributed by atoms with Crippen LogP contribution in [0.2, 0.25) is 0 Å². The Bertz CT molecular complexity index is 3660. The Morgan fingerprint density at radius 2 is 0.691 bits per heavy atom. The van der Waals surface area contributed by atoms with E-state index in [1.54, 1.807) is 0 Å². The van der Waals surface area contributed by atoms with Gasteiger partial charge in [-0.15, -0.1) is 0 Å². The molecule has 0 unspecified atom stereocenters. The predicted molar refractivity (Wildman–Crippen MR) is 287 cm³/mol. The lowest BCUT2D eigenvalue weighted by Gasteiger charge is -2.34. The molecule has 1 aliphatic rings. The highest BCUT2D eigenvalue weighted by atomic mass is 15.1. The Morgan fingerprint density at radius 3 is 1.29 bits per heavy atom. The average Bonchev–Trinajstić information content (AvgIpc) is 3.73. The first-order chi connectivity index (χ1) is 33.7. The van der Waals surface area contributed by atoms with Gasteiger partial charge in [-0.2, -0.15) is 0 Å². The van der Waals surface area contributed by atoms with Gasteiger partial charge >= 0.3 is 0 Å². The van der Waals surface area contributed by atoms with Crippen LogP contribution in [0.1, 0.15) is 22.3 Å². The maximum absolute atomic E-state index is 2.44. The van der Waals surface area contributed by atoms with Crippen LogP contribution in [0, 0.1) is 0 Å². The zero-order valence-electron chi connectivity index (χ0n) is 37.4. The Kier molecular flexibility index (Phi) is 9.47. The minimum absolute atomic E-state index is 0.473. The van der Waals surface area contributed by atoms with Crippen LogP contribution in [0.3, 0.4) is 0 Å². The van der Waals surface area contributed by atoms with Crippen LogP contribution in [0.25, 0.3) is 76.8 Å². The van der Waals surface area contributed by atoms with Crippen LogP contribution in [0.5, 0.6) is 0 Å². The average molecular weight is 864 g/mol. The maximum Gasteiger partial charge on any atom is 0.0713 e. The van der Waals surface area contributed by atoms with Gasteiger partial charge in [0, 0.05) is 16.8 Å². The summed E-state index contributed by atoms with van der Waals surface area (Å²) >= 11 is 0. The zero-order chi connectivity index (χ0) is 45.0. The van der Waals surface area contributed by atoms with Crippen LogP contribution in [0.15, 0.2) is 273 Å². The van der Waals surface area contributed by atoms with Crippen LogP contribution in [-0.4, -0.2) is 0 Å². The summed E-state index contributed by atoms with van der Waals surface area (Å²) in [6.07, 6.45) is 0. The fraction of sp³-hybridized carbons (Fsp3) is 0.0149. The van der Waals surface area contributed by atoms with Crippen molar-refractivity contribution >= 4 is 49.4 Å². The molecule has 0 spiro atoms. The first-order valence-corrected chi connectivity index (χ1v) is 23.6. The smallest absolute Gasteiger partial charge is 0.0713 e. The van der Waals surface area contributed by atoms with Crippen LogP contribution in [-0.2, 0) is 5.41 Å². The molecule has 0 atom stereocenters. The Balaban J connectivity index is 0.993. The van der Waals surface area contributed by atoms with Gasteiger partial charge in [0.2, 0.25) is 0 Å². The molecule has 1 nitrogen and oxygen atoms in total. The highest BCUT2D eigenvalue weighted by Gasteiger charge is 2.46. The third kappa shape index (κ3) is 6.32. The van der Waals surface area contributed by atoms with Gasteiger partial charge in [-0.05, 0) is 130 Å². The molecule has 12 aromatic rings. The maximum atomic E-state index is 2.44. The van der Waals surface area contributed by atoms with Gasteiger partial charge in [0.25, 0.3) is 0 Å². The molecule has 0 radical (unpaired) electrons. The monoisotopic (exact) mass is 863 g/mol. The first kappa shape index (κ1) is 39.6. The number of nitrogens with zero attached hydrogens (tertiary/aromatic N) is 1. The fourth-order valence-electron chi connectivity index (χ4n) is 11.3. The standard InChI is InChI=1S/C67H45N/c1-3-22-52(23-4-1)67(53-24-5-2-6-25-53)63-32-12-11-28-61(63)66-60(31-16-33-64(66)67)51-36-35-48-21-15-34-65(62(48)45-51)68(54-41-37-49(38-42-54)58-29-13-19-46-17-7-9-26-56(46)58)55-43-39-50(40-44-55)59-30-14-20-47-18-8-10-27-57(47)59/h1-45H. The lowest BCUT2D eigenvalue weighted by atomic mass is 9.67. The molecule has 68 heavy (non-hydrogen) atoms. The van der Waals surface area contributed by atoms with E-state index in [4.69, 9.17) is 0 Å². The van der Waals surface area contributed by atoms with E-state index < -0.39 is 5.41 Å². The number of hydrogen-bond acceptors (Lipinski definition) is 1. The van der Waals surface area contributed by atoms with E-state index in [2.05, 4.69) is 278 Å². The Hall–Kier alpha value is -8.78. The van der Waals surface area contributed by atoms with Crippen molar-refractivity contribution in [2.24, 2.45) is 0 Å². The molecule has 0 bridgehead atoms. The van der Waals surface area contributed by atoms with E-state index in [1.807, 2.05) is 0 Å². The van der Waals surface area contributed by atoms with Crippen molar-refractivity contribution in [2.75, 3.05) is 4.90 Å². The summed E-state index contributed by atoms with van der Waals surface area (Å²) < 4.78 is 0. The molecular formula is C67H45N. The van der Waals surface area contributed by atoms with E-state index >= 15 is 0 Å². The molecule has 0 saturated carbocycles. The van der Waals surface area contributed by atoms with Gasteiger partial charge in [0.15, 0.2) is 0 Å². The van der Waals surface area contributed by atoms with Crippen LogP contribution < -0.4 is 4.90 Å². The molecular weight excluding hydrogens is 819 g/mol. The first-order valence-electron chi connectivity index (χ1n) is 23.6. The Labute approximate surface area is 397 Å². The number of rotatable bonds is 8. The van der Waals surface area contributed by atoms with Crippen molar-refractivity contribution < 1.29 is 0 Å². The van der Waals surface area contributed by atoms with E-state index in [0.29, 0.717) is 0 Å². The van der Waals surface area contributed by atoms with Crippen LogP contribution in [0.4, 0.5) is 17.1 Å². The van der Waals surface area contributed by atoms with Crippen molar-refractivity contribution in [2.45, 2.75) is 5.41 Å². The number of hydrogen-bond donors (Lipinski definition) is 0. The molecule has 1 aliphatic carbocycles. The van der Waals surface area contributed by atoms with Gasteiger partial charge in [-0.25, -0.2) is 0 Å². The summed E-state index contributed by atoms with van der Waals surface area (Å²) in [4.78, 5) is 2.44. The van der Waals surface area contributed by atoms with Gasteiger partial charge in [-0.3, -0.25) is 0 Å². The summed E-state index contributed by atoms with van der Waals surface area (Å²) in [6.45, 7) is 0. The highest BCUT2D eigenvalue weighted by molar-refractivity contribution is 6.04. The second kappa shape index (κ2) is 16.3. The lowest BCUT2D eigenvalue weighted by molar-refractivity contribution is 0.768. The van der Waals surface area contributed by atoms with Gasteiger partial charge in [0.1, 0.15) is 0 Å². The largest absolute Gasteiger partial charge is 0.310 e. The van der Waals surface area contributed by atoms with Crippen LogP contribution >= 0.6 is 0 Å².